The number of nitrogens with one attached hydrogen (secondary N) is 1. The molecule has 0 bridgehead atoms. The van der Waals surface area contributed by atoms with Crippen molar-refractivity contribution in [2.75, 3.05) is 27.4 Å². The molecule has 1 aliphatic carbocycles. The molecule has 4 atom stereocenters. The van der Waals surface area contributed by atoms with E-state index >= 15 is 0 Å². The molecule has 1 amide bonds. The van der Waals surface area contributed by atoms with Gasteiger partial charge in [0.2, 0.25) is 0 Å². The van der Waals surface area contributed by atoms with Crippen molar-refractivity contribution in [2.24, 2.45) is 11.8 Å². The first-order chi connectivity index (χ1) is 10.2. The highest BCUT2D eigenvalue weighted by Crippen LogP contribution is 2.43. The third kappa shape index (κ3) is 2.58. The van der Waals surface area contributed by atoms with Gasteiger partial charge < -0.3 is 19.5 Å². The van der Waals surface area contributed by atoms with Gasteiger partial charge in [-0.15, -0.1) is 0 Å². The first kappa shape index (κ1) is 14.2. The summed E-state index contributed by atoms with van der Waals surface area (Å²) < 4.78 is 15.8. The molecule has 0 radical (unpaired) electrons. The second-order valence-corrected chi connectivity index (χ2v) is 5.36. The molecule has 2 aliphatic rings. The number of aromatic nitrogens is 2. The van der Waals surface area contributed by atoms with Gasteiger partial charge in [0.15, 0.2) is 0 Å². The molecule has 1 saturated carbocycles. The van der Waals surface area contributed by atoms with Gasteiger partial charge in [0.05, 0.1) is 25.4 Å². The van der Waals surface area contributed by atoms with Gasteiger partial charge in [0.25, 0.3) is 5.91 Å². The predicted octanol–water partition coefficient (Wildman–Crippen LogP) is 0.265. The van der Waals surface area contributed by atoms with Crippen molar-refractivity contribution in [2.45, 2.75) is 18.6 Å². The minimum absolute atomic E-state index is 0.0899. The number of methoxy groups -OCH3 is 2. The molecule has 1 aromatic heterocycles. The molecule has 7 nitrogen and oxygen atoms in total. The summed E-state index contributed by atoms with van der Waals surface area (Å²) in [6, 6.07) is 0.337. The van der Waals surface area contributed by atoms with E-state index in [2.05, 4.69) is 15.3 Å². The SMILES string of the molecule is COC[C@@H]1[C@@H](NC(=O)c2cnc(OC)nc2)[C@@H]2CCO[C@H]12. The number of rotatable bonds is 5. The van der Waals surface area contributed by atoms with Crippen LogP contribution in [0.25, 0.3) is 0 Å². The lowest BCUT2D eigenvalue weighted by Gasteiger charge is -2.47. The second kappa shape index (κ2) is 5.95. The number of fused-ring (bicyclic) bond motifs is 1. The smallest absolute Gasteiger partial charge is 0.316 e. The fourth-order valence-electron chi connectivity index (χ4n) is 3.21. The number of hydrogen-bond donors (Lipinski definition) is 1. The Hall–Kier alpha value is -1.73. The monoisotopic (exact) mass is 293 g/mol. The lowest BCUT2D eigenvalue weighted by molar-refractivity contribution is -0.0809. The van der Waals surface area contributed by atoms with Crippen molar-refractivity contribution in [3.8, 4) is 6.01 Å². The fourth-order valence-corrected chi connectivity index (χ4v) is 3.21. The van der Waals surface area contributed by atoms with Crippen molar-refractivity contribution in [3.63, 3.8) is 0 Å². The molecular formula is C14H19N3O4. The van der Waals surface area contributed by atoms with Crippen LogP contribution in [0.4, 0.5) is 0 Å². The molecule has 114 valence electrons. The van der Waals surface area contributed by atoms with Crippen LogP contribution in [0, 0.1) is 11.8 Å². The summed E-state index contributed by atoms with van der Waals surface area (Å²) in [5.74, 6) is 0.424. The maximum atomic E-state index is 12.3. The van der Waals surface area contributed by atoms with E-state index in [-0.39, 0.29) is 30.0 Å². The van der Waals surface area contributed by atoms with Crippen LogP contribution >= 0.6 is 0 Å². The zero-order chi connectivity index (χ0) is 14.8. The Morgan fingerprint density at radius 2 is 2.19 bits per heavy atom. The van der Waals surface area contributed by atoms with E-state index in [0.29, 0.717) is 18.1 Å². The Morgan fingerprint density at radius 3 is 2.86 bits per heavy atom. The van der Waals surface area contributed by atoms with Crippen LogP contribution in [0.1, 0.15) is 16.8 Å². The predicted molar refractivity (Wildman–Crippen MR) is 73.1 cm³/mol. The van der Waals surface area contributed by atoms with Crippen LogP contribution in [0.3, 0.4) is 0 Å². The number of hydrogen-bond acceptors (Lipinski definition) is 6. The quantitative estimate of drug-likeness (QED) is 0.839. The van der Waals surface area contributed by atoms with Crippen LogP contribution in [-0.4, -0.2) is 55.5 Å². The van der Waals surface area contributed by atoms with E-state index in [1.54, 1.807) is 7.11 Å². The molecule has 7 heteroatoms. The summed E-state index contributed by atoms with van der Waals surface area (Å²) in [4.78, 5) is 20.2. The van der Waals surface area contributed by atoms with Crippen molar-refractivity contribution in [1.29, 1.82) is 0 Å². The molecule has 1 N–H and O–H groups in total. The van der Waals surface area contributed by atoms with Crippen molar-refractivity contribution in [1.82, 2.24) is 15.3 Å². The summed E-state index contributed by atoms with van der Waals surface area (Å²) in [7, 11) is 3.15. The van der Waals surface area contributed by atoms with E-state index in [1.165, 1.54) is 19.5 Å². The highest BCUT2D eigenvalue weighted by Gasteiger charge is 2.54. The molecule has 1 aliphatic heterocycles. The van der Waals surface area contributed by atoms with Crippen LogP contribution in [-0.2, 0) is 9.47 Å². The molecule has 0 spiro atoms. The zero-order valence-electron chi connectivity index (χ0n) is 12.1. The third-order valence-corrected chi connectivity index (χ3v) is 4.26. The molecule has 1 saturated heterocycles. The molecule has 0 unspecified atom stereocenters. The number of nitrogens with zero attached hydrogens (tertiary/aromatic N) is 2. The third-order valence-electron chi connectivity index (χ3n) is 4.26. The van der Waals surface area contributed by atoms with E-state index in [4.69, 9.17) is 14.2 Å². The average Bonchev–Trinajstić information content (AvgIpc) is 2.94. The Labute approximate surface area is 123 Å². The van der Waals surface area contributed by atoms with Crippen LogP contribution < -0.4 is 10.1 Å². The standard InChI is InChI=1S/C14H19N3O4/c1-19-7-10-11(9-3-4-21-12(9)10)17-13(18)8-5-15-14(20-2)16-6-8/h5-6,9-12H,3-4,7H2,1-2H3,(H,17,18)/t9-,10+,11-,12-/m0/s1. The number of carbonyl (C=O) groups excluding carboxylic acids is 1. The zero-order valence-corrected chi connectivity index (χ0v) is 12.1. The maximum absolute atomic E-state index is 12.3. The van der Waals surface area contributed by atoms with E-state index < -0.39 is 0 Å². The first-order valence-corrected chi connectivity index (χ1v) is 7.02. The minimum Gasteiger partial charge on any atom is -0.467 e. The van der Waals surface area contributed by atoms with Gasteiger partial charge in [-0.25, -0.2) is 9.97 Å². The Bertz CT molecular complexity index is 507. The van der Waals surface area contributed by atoms with Gasteiger partial charge in [0, 0.05) is 44.0 Å². The second-order valence-electron chi connectivity index (χ2n) is 5.36. The average molecular weight is 293 g/mol. The Kier molecular flexibility index (Phi) is 4.03. The van der Waals surface area contributed by atoms with Crippen molar-refractivity contribution < 1.29 is 19.0 Å². The molecule has 1 aromatic rings. The lowest BCUT2D eigenvalue weighted by atomic mass is 9.67. The van der Waals surface area contributed by atoms with Crippen molar-refractivity contribution in [3.05, 3.63) is 18.0 Å². The first-order valence-electron chi connectivity index (χ1n) is 7.02. The highest BCUT2D eigenvalue weighted by atomic mass is 16.5. The van der Waals surface area contributed by atoms with Crippen LogP contribution in [0.15, 0.2) is 12.4 Å². The summed E-state index contributed by atoms with van der Waals surface area (Å²) in [5.41, 5.74) is 0.425. The molecule has 3 rings (SSSR count). The van der Waals surface area contributed by atoms with E-state index in [0.717, 1.165) is 13.0 Å². The Balaban J connectivity index is 1.65. The van der Waals surface area contributed by atoms with Crippen LogP contribution in [0.2, 0.25) is 0 Å². The minimum atomic E-state index is -0.172. The normalized spacial score (nSPS) is 30.4. The van der Waals surface area contributed by atoms with Crippen molar-refractivity contribution >= 4 is 5.91 Å². The molecule has 2 fully saturated rings. The number of carbonyl (C=O) groups is 1. The summed E-state index contributed by atoms with van der Waals surface area (Å²) in [5, 5.41) is 3.06. The fraction of sp³-hybridized carbons (Fsp3) is 0.643. The largest absolute Gasteiger partial charge is 0.467 e. The highest BCUT2D eigenvalue weighted by molar-refractivity contribution is 5.93. The van der Waals surface area contributed by atoms with Crippen LogP contribution in [0.5, 0.6) is 6.01 Å². The van der Waals surface area contributed by atoms with Gasteiger partial charge in [0.1, 0.15) is 0 Å². The summed E-state index contributed by atoms with van der Waals surface area (Å²) >= 11 is 0. The molecular weight excluding hydrogens is 274 g/mol. The van der Waals surface area contributed by atoms with E-state index in [9.17, 15) is 4.79 Å². The number of amides is 1. The molecule has 21 heavy (non-hydrogen) atoms. The maximum Gasteiger partial charge on any atom is 0.316 e. The lowest BCUT2D eigenvalue weighted by Crippen LogP contribution is -2.62. The summed E-state index contributed by atoms with van der Waals surface area (Å²) in [6.07, 6.45) is 4.12. The molecule has 0 aromatic carbocycles. The van der Waals surface area contributed by atoms with Gasteiger partial charge in [-0.05, 0) is 6.42 Å². The molecule has 2 heterocycles. The number of ether oxygens (including phenoxy) is 3. The van der Waals surface area contributed by atoms with E-state index in [1.807, 2.05) is 0 Å². The van der Waals surface area contributed by atoms with Gasteiger partial charge >= 0.3 is 6.01 Å². The Morgan fingerprint density at radius 1 is 1.43 bits per heavy atom. The van der Waals surface area contributed by atoms with Gasteiger partial charge in [-0.2, -0.15) is 0 Å². The van der Waals surface area contributed by atoms with Gasteiger partial charge in [-0.1, -0.05) is 0 Å². The topological polar surface area (TPSA) is 82.6 Å². The van der Waals surface area contributed by atoms with Gasteiger partial charge in [-0.3, -0.25) is 4.79 Å². The summed E-state index contributed by atoms with van der Waals surface area (Å²) in [6.45, 7) is 1.35.